The fourth-order valence-corrected chi connectivity index (χ4v) is 3.39. The molecule has 2 bridgehead atoms. The van der Waals surface area contributed by atoms with Gasteiger partial charge in [0.1, 0.15) is 0 Å². The SMILES string of the molecule is C[C@H]1C(=O)N(C)CN2CN1CN(C)C(=O)[C@@H]2Cc1ccccc1. The van der Waals surface area contributed by atoms with E-state index in [9.17, 15) is 9.59 Å². The van der Waals surface area contributed by atoms with Crippen molar-refractivity contribution in [3.05, 3.63) is 35.9 Å². The molecular formula is C17H24N4O2. The third kappa shape index (κ3) is 3.09. The average molecular weight is 316 g/mol. The first kappa shape index (κ1) is 16.0. The van der Waals surface area contributed by atoms with E-state index in [-0.39, 0.29) is 23.9 Å². The van der Waals surface area contributed by atoms with Crippen molar-refractivity contribution in [3.63, 3.8) is 0 Å². The Morgan fingerprint density at radius 1 is 0.913 bits per heavy atom. The second-order valence-electron chi connectivity index (χ2n) is 6.56. The van der Waals surface area contributed by atoms with E-state index in [1.165, 1.54) is 0 Å². The molecule has 2 saturated heterocycles. The van der Waals surface area contributed by atoms with Crippen LogP contribution in [0.1, 0.15) is 12.5 Å². The monoisotopic (exact) mass is 316 g/mol. The van der Waals surface area contributed by atoms with Gasteiger partial charge in [-0.3, -0.25) is 19.4 Å². The summed E-state index contributed by atoms with van der Waals surface area (Å²) in [5.41, 5.74) is 1.14. The van der Waals surface area contributed by atoms with Crippen LogP contribution >= 0.6 is 0 Å². The molecule has 1 aromatic rings. The Morgan fingerprint density at radius 3 is 2.22 bits per heavy atom. The van der Waals surface area contributed by atoms with Crippen LogP contribution in [-0.4, -0.2) is 77.6 Å². The van der Waals surface area contributed by atoms with E-state index < -0.39 is 0 Å². The standard InChI is InChI=1S/C17H24N4O2/c1-13-16(22)18(2)11-21-12-20(13)10-19(3)17(23)15(21)9-14-7-5-4-6-8-14/h4-8,13,15H,9-12H2,1-3H3/t13-,15-/m0/s1. The van der Waals surface area contributed by atoms with Gasteiger partial charge in [0.15, 0.2) is 0 Å². The number of rotatable bonds is 2. The smallest absolute Gasteiger partial charge is 0.241 e. The lowest BCUT2D eigenvalue weighted by Crippen LogP contribution is -2.50. The van der Waals surface area contributed by atoms with Gasteiger partial charge in [-0.1, -0.05) is 30.3 Å². The molecule has 2 aliphatic heterocycles. The van der Waals surface area contributed by atoms with Crippen molar-refractivity contribution < 1.29 is 9.59 Å². The molecule has 0 saturated carbocycles. The van der Waals surface area contributed by atoms with Crippen LogP contribution in [0, 0.1) is 0 Å². The van der Waals surface area contributed by atoms with Crippen LogP contribution in [0.3, 0.4) is 0 Å². The summed E-state index contributed by atoms with van der Waals surface area (Å²) in [7, 11) is 3.63. The van der Waals surface area contributed by atoms with Gasteiger partial charge in [-0.05, 0) is 18.9 Å². The van der Waals surface area contributed by atoms with Crippen molar-refractivity contribution in [3.8, 4) is 0 Å². The minimum atomic E-state index is -0.243. The van der Waals surface area contributed by atoms with E-state index in [0.717, 1.165) is 5.56 Å². The van der Waals surface area contributed by atoms with Crippen LogP contribution in [0.5, 0.6) is 0 Å². The van der Waals surface area contributed by atoms with Gasteiger partial charge in [0, 0.05) is 14.1 Å². The summed E-state index contributed by atoms with van der Waals surface area (Å²) >= 11 is 0. The van der Waals surface area contributed by atoms with Gasteiger partial charge < -0.3 is 9.80 Å². The van der Waals surface area contributed by atoms with E-state index in [4.69, 9.17) is 0 Å². The lowest BCUT2D eigenvalue weighted by Gasteiger charge is -2.31. The normalized spacial score (nSPS) is 31.8. The van der Waals surface area contributed by atoms with Crippen LogP contribution in [-0.2, 0) is 16.0 Å². The number of hydrogen-bond donors (Lipinski definition) is 0. The van der Waals surface area contributed by atoms with Crippen molar-refractivity contribution in [2.45, 2.75) is 25.4 Å². The highest BCUT2D eigenvalue weighted by Gasteiger charge is 2.40. The highest BCUT2D eigenvalue weighted by Crippen LogP contribution is 2.21. The van der Waals surface area contributed by atoms with E-state index >= 15 is 0 Å². The molecule has 2 fully saturated rings. The van der Waals surface area contributed by atoms with Crippen molar-refractivity contribution in [1.29, 1.82) is 0 Å². The molecule has 0 radical (unpaired) electrons. The number of carbonyl (C=O) groups is 2. The van der Waals surface area contributed by atoms with Crippen molar-refractivity contribution in [1.82, 2.24) is 19.6 Å². The molecule has 0 aromatic heterocycles. The second kappa shape index (κ2) is 6.29. The minimum absolute atomic E-state index is 0.105. The van der Waals surface area contributed by atoms with E-state index in [1.54, 1.807) is 9.80 Å². The van der Waals surface area contributed by atoms with Gasteiger partial charge in [-0.15, -0.1) is 0 Å². The van der Waals surface area contributed by atoms with Gasteiger partial charge in [-0.25, -0.2) is 0 Å². The van der Waals surface area contributed by atoms with Crippen LogP contribution < -0.4 is 0 Å². The Hall–Kier alpha value is -1.92. The Bertz CT molecular complexity index is 592. The first-order chi connectivity index (χ1) is 11.0. The topological polar surface area (TPSA) is 47.1 Å². The Balaban J connectivity index is 1.91. The Kier molecular flexibility index (Phi) is 4.37. The first-order valence-corrected chi connectivity index (χ1v) is 7.99. The van der Waals surface area contributed by atoms with Crippen LogP contribution in [0.25, 0.3) is 0 Å². The fraction of sp³-hybridized carbons (Fsp3) is 0.529. The zero-order valence-corrected chi connectivity index (χ0v) is 14.0. The van der Waals surface area contributed by atoms with Crippen LogP contribution in [0.4, 0.5) is 0 Å². The molecule has 3 rings (SSSR count). The highest BCUT2D eigenvalue weighted by molar-refractivity contribution is 5.84. The van der Waals surface area contributed by atoms with Gasteiger partial charge >= 0.3 is 0 Å². The number of nitrogens with zero attached hydrogens (tertiary/aromatic N) is 4. The van der Waals surface area contributed by atoms with E-state index in [0.29, 0.717) is 26.4 Å². The number of amides is 2. The van der Waals surface area contributed by atoms with Gasteiger partial charge in [0.25, 0.3) is 0 Å². The molecule has 2 amide bonds. The predicted molar refractivity (Wildman–Crippen MR) is 87.2 cm³/mol. The lowest BCUT2D eigenvalue weighted by atomic mass is 10.0. The lowest BCUT2D eigenvalue weighted by molar-refractivity contribution is -0.141. The molecule has 2 aliphatic rings. The molecule has 1 aromatic carbocycles. The number of hydrogen-bond acceptors (Lipinski definition) is 4. The summed E-state index contributed by atoms with van der Waals surface area (Å²) in [4.78, 5) is 32.9. The summed E-state index contributed by atoms with van der Waals surface area (Å²) in [5.74, 6) is 0.222. The van der Waals surface area contributed by atoms with Crippen LogP contribution in [0.2, 0.25) is 0 Å². The van der Waals surface area contributed by atoms with E-state index in [1.807, 2.05) is 51.4 Å². The van der Waals surface area contributed by atoms with E-state index in [2.05, 4.69) is 9.80 Å². The third-order valence-corrected chi connectivity index (χ3v) is 4.81. The summed E-state index contributed by atoms with van der Waals surface area (Å²) in [5, 5.41) is 0. The Morgan fingerprint density at radius 2 is 1.52 bits per heavy atom. The second-order valence-corrected chi connectivity index (χ2v) is 6.56. The minimum Gasteiger partial charge on any atom is -0.331 e. The molecule has 6 heteroatoms. The quantitative estimate of drug-likeness (QED) is 0.793. The molecule has 4 atom stereocenters. The number of fused-ring (bicyclic) bond motifs is 2. The zero-order chi connectivity index (χ0) is 16.6. The molecule has 6 nitrogen and oxygen atoms in total. The predicted octanol–water partition coefficient (Wildman–Crippen LogP) is 0.407. The molecule has 23 heavy (non-hydrogen) atoms. The molecule has 0 aliphatic carbocycles. The first-order valence-electron chi connectivity index (χ1n) is 7.99. The number of carbonyl (C=O) groups excluding carboxylic acids is 2. The van der Waals surface area contributed by atoms with Gasteiger partial charge in [-0.2, -0.15) is 0 Å². The summed E-state index contributed by atoms with van der Waals surface area (Å²) in [6.07, 6.45) is 0.661. The number of benzene rings is 1. The molecule has 0 N–H and O–H groups in total. The summed E-state index contributed by atoms with van der Waals surface area (Å²) in [6, 6.07) is 9.60. The maximum Gasteiger partial charge on any atom is 0.241 e. The summed E-state index contributed by atoms with van der Waals surface area (Å²) < 4.78 is 0. The van der Waals surface area contributed by atoms with Crippen molar-refractivity contribution in [2.75, 3.05) is 34.1 Å². The maximum atomic E-state index is 12.9. The molecular weight excluding hydrogens is 292 g/mol. The molecule has 2 heterocycles. The summed E-state index contributed by atoms with van der Waals surface area (Å²) in [6.45, 7) is 3.52. The molecule has 2 unspecified atom stereocenters. The van der Waals surface area contributed by atoms with Gasteiger partial charge in [0.2, 0.25) is 11.8 Å². The van der Waals surface area contributed by atoms with Crippen molar-refractivity contribution in [2.24, 2.45) is 0 Å². The Labute approximate surface area is 137 Å². The average Bonchev–Trinajstić information content (AvgIpc) is 2.72. The number of likely N-dealkylation sites (N-methyl/N-ethyl adjacent to an activating group) is 2. The van der Waals surface area contributed by atoms with Crippen molar-refractivity contribution >= 4 is 11.8 Å². The van der Waals surface area contributed by atoms with Crippen LogP contribution in [0.15, 0.2) is 30.3 Å². The van der Waals surface area contributed by atoms with Gasteiger partial charge in [0.05, 0.1) is 32.1 Å². The fourth-order valence-electron chi connectivity index (χ4n) is 3.39. The zero-order valence-electron chi connectivity index (χ0n) is 14.0. The largest absolute Gasteiger partial charge is 0.331 e. The molecule has 124 valence electrons. The maximum absolute atomic E-state index is 12.9. The third-order valence-electron chi connectivity index (χ3n) is 4.81. The highest BCUT2D eigenvalue weighted by atomic mass is 16.2. The molecule has 0 spiro atoms.